The largest absolute Gasteiger partial charge is 0.307 e. The highest BCUT2D eigenvalue weighted by molar-refractivity contribution is 7.07. The molecule has 100 valence electrons. The van der Waals surface area contributed by atoms with Crippen molar-refractivity contribution in [2.45, 2.75) is 19.9 Å². The summed E-state index contributed by atoms with van der Waals surface area (Å²) in [6.45, 7) is 2.37. The first-order valence-electron chi connectivity index (χ1n) is 5.83. The van der Waals surface area contributed by atoms with E-state index in [1.165, 1.54) is 11.3 Å². The zero-order valence-electron chi connectivity index (χ0n) is 10.6. The second-order valence-electron chi connectivity index (χ2n) is 4.24. The highest BCUT2D eigenvalue weighted by Crippen LogP contribution is 2.12. The molecule has 1 aromatic carbocycles. The third-order valence-electron chi connectivity index (χ3n) is 2.94. The van der Waals surface area contributed by atoms with Crippen LogP contribution in [0.4, 0.5) is 0 Å². The molecule has 0 spiro atoms. The van der Waals surface area contributed by atoms with Crippen LogP contribution >= 0.6 is 11.3 Å². The number of nitrogens with one attached hydrogen (secondary N) is 1. The topological polar surface area (TPSA) is 77.1 Å². The predicted octanol–water partition coefficient (Wildman–Crippen LogP) is 0.799. The van der Waals surface area contributed by atoms with E-state index in [-0.39, 0.29) is 17.2 Å². The van der Waals surface area contributed by atoms with E-state index in [2.05, 4.69) is 5.43 Å². The maximum Gasteiger partial charge on any atom is 0.307 e. The Morgan fingerprint density at radius 1 is 1.37 bits per heavy atom. The smallest absolute Gasteiger partial charge is 0.299 e. The van der Waals surface area contributed by atoms with E-state index in [0.29, 0.717) is 6.54 Å². The van der Waals surface area contributed by atoms with Crippen LogP contribution in [0, 0.1) is 6.92 Å². The van der Waals surface area contributed by atoms with E-state index in [0.717, 1.165) is 16.8 Å². The first kappa shape index (κ1) is 13.5. The van der Waals surface area contributed by atoms with Gasteiger partial charge in [-0.05, 0) is 18.1 Å². The van der Waals surface area contributed by atoms with Crippen molar-refractivity contribution >= 4 is 17.2 Å². The van der Waals surface area contributed by atoms with Crippen molar-refractivity contribution in [2.24, 2.45) is 5.84 Å². The van der Waals surface area contributed by atoms with Crippen molar-refractivity contribution < 1.29 is 4.79 Å². The van der Waals surface area contributed by atoms with Crippen molar-refractivity contribution in [3.8, 4) is 0 Å². The van der Waals surface area contributed by atoms with E-state index < -0.39 is 0 Å². The number of thiazole rings is 1. The first-order valence-corrected chi connectivity index (χ1v) is 6.71. The fraction of sp³-hybridized carbons (Fsp3) is 0.231. The monoisotopic (exact) mass is 277 g/mol. The van der Waals surface area contributed by atoms with Gasteiger partial charge in [-0.2, -0.15) is 0 Å². The molecule has 0 unspecified atom stereocenters. The number of carbonyl (C=O) groups is 1. The van der Waals surface area contributed by atoms with E-state index in [4.69, 9.17) is 5.84 Å². The van der Waals surface area contributed by atoms with Crippen LogP contribution in [0.1, 0.15) is 16.8 Å². The fourth-order valence-corrected chi connectivity index (χ4v) is 2.61. The van der Waals surface area contributed by atoms with E-state index in [9.17, 15) is 9.59 Å². The Hall–Kier alpha value is -1.92. The number of nitrogens with zero attached hydrogens (tertiary/aromatic N) is 1. The predicted molar refractivity (Wildman–Crippen MR) is 74.9 cm³/mol. The molecule has 1 amide bonds. The second-order valence-corrected chi connectivity index (χ2v) is 5.06. The summed E-state index contributed by atoms with van der Waals surface area (Å²) in [5.74, 6) is 4.85. The van der Waals surface area contributed by atoms with Crippen LogP contribution < -0.4 is 16.1 Å². The number of hydrogen-bond acceptors (Lipinski definition) is 4. The molecule has 2 rings (SSSR count). The quantitative estimate of drug-likeness (QED) is 0.493. The van der Waals surface area contributed by atoms with Crippen molar-refractivity contribution in [1.82, 2.24) is 9.99 Å². The lowest BCUT2D eigenvalue weighted by atomic mass is 10.0. The van der Waals surface area contributed by atoms with E-state index in [1.807, 2.05) is 36.6 Å². The molecule has 0 aliphatic rings. The number of aryl methyl sites for hydroxylation is 1. The summed E-state index contributed by atoms with van der Waals surface area (Å²) in [7, 11) is 0. The lowest BCUT2D eigenvalue weighted by Gasteiger charge is -2.10. The summed E-state index contributed by atoms with van der Waals surface area (Å²) < 4.78 is 1.70. The normalized spacial score (nSPS) is 10.4. The molecule has 19 heavy (non-hydrogen) atoms. The van der Waals surface area contributed by atoms with Gasteiger partial charge in [-0.25, -0.2) is 5.84 Å². The molecule has 2 aromatic rings. The number of aromatic nitrogens is 1. The van der Waals surface area contributed by atoms with Crippen LogP contribution in [-0.4, -0.2) is 10.5 Å². The van der Waals surface area contributed by atoms with Gasteiger partial charge in [0.2, 0.25) is 5.91 Å². The van der Waals surface area contributed by atoms with Gasteiger partial charge in [0.15, 0.2) is 0 Å². The molecule has 0 radical (unpaired) electrons. The third-order valence-corrected chi connectivity index (χ3v) is 3.82. The molecule has 1 heterocycles. The third kappa shape index (κ3) is 3.10. The Kier molecular flexibility index (Phi) is 4.13. The average Bonchev–Trinajstić information content (AvgIpc) is 2.72. The summed E-state index contributed by atoms with van der Waals surface area (Å²) >= 11 is 1.18. The van der Waals surface area contributed by atoms with Crippen molar-refractivity contribution in [1.29, 1.82) is 0 Å². The average molecular weight is 277 g/mol. The van der Waals surface area contributed by atoms with Crippen LogP contribution in [0.5, 0.6) is 0 Å². The Bertz CT molecular complexity index is 645. The van der Waals surface area contributed by atoms with Gasteiger partial charge in [0, 0.05) is 11.1 Å². The number of nitrogens with two attached hydrogens (primary N) is 1. The van der Waals surface area contributed by atoms with Gasteiger partial charge < -0.3 is 0 Å². The van der Waals surface area contributed by atoms with Gasteiger partial charge in [-0.3, -0.25) is 19.6 Å². The minimum absolute atomic E-state index is 0.00980. The number of hydrazine groups is 1. The molecule has 1 aromatic heterocycles. The van der Waals surface area contributed by atoms with Crippen molar-refractivity contribution in [3.05, 3.63) is 56.1 Å². The van der Waals surface area contributed by atoms with Gasteiger partial charge in [0.25, 0.3) is 0 Å². The molecule has 0 fully saturated rings. The summed E-state index contributed by atoms with van der Waals surface area (Å²) in [6, 6.07) is 7.55. The minimum atomic E-state index is -0.248. The SMILES string of the molecule is Cc1csc(=O)n1Cc1ccccc1CC(=O)NN. The van der Waals surface area contributed by atoms with Gasteiger partial charge >= 0.3 is 4.87 Å². The summed E-state index contributed by atoms with van der Waals surface area (Å²) in [6.07, 6.45) is 0.213. The Balaban J connectivity index is 2.30. The van der Waals surface area contributed by atoms with Crippen LogP contribution in [0.2, 0.25) is 0 Å². The molecular formula is C13H15N3O2S. The van der Waals surface area contributed by atoms with Crippen molar-refractivity contribution in [2.75, 3.05) is 0 Å². The summed E-state index contributed by atoms with van der Waals surface area (Å²) in [5.41, 5.74) is 4.87. The minimum Gasteiger partial charge on any atom is -0.299 e. The molecule has 0 atom stereocenters. The highest BCUT2D eigenvalue weighted by Gasteiger charge is 2.09. The van der Waals surface area contributed by atoms with Crippen LogP contribution in [0.15, 0.2) is 34.4 Å². The fourth-order valence-electron chi connectivity index (χ4n) is 1.87. The second kappa shape index (κ2) is 5.81. The molecule has 0 saturated carbocycles. The maximum absolute atomic E-state index is 11.7. The highest BCUT2D eigenvalue weighted by atomic mass is 32.1. The van der Waals surface area contributed by atoms with Crippen LogP contribution in [0.3, 0.4) is 0 Å². The van der Waals surface area contributed by atoms with Gasteiger partial charge in [0.1, 0.15) is 0 Å². The van der Waals surface area contributed by atoms with Crippen molar-refractivity contribution in [3.63, 3.8) is 0 Å². The zero-order valence-corrected chi connectivity index (χ0v) is 11.4. The van der Waals surface area contributed by atoms with Crippen LogP contribution in [-0.2, 0) is 17.8 Å². The summed E-state index contributed by atoms with van der Waals surface area (Å²) in [5, 5.41) is 1.83. The number of amides is 1. The van der Waals surface area contributed by atoms with Crippen LogP contribution in [0.25, 0.3) is 0 Å². The molecule has 6 heteroatoms. The Morgan fingerprint density at radius 2 is 2.05 bits per heavy atom. The Labute approximate surface area is 114 Å². The number of benzene rings is 1. The first-order chi connectivity index (χ1) is 9.11. The summed E-state index contributed by atoms with van der Waals surface area (Å²) in [4.78, 5) is 23.1. The molecule has 0 bridgehead atoms. The van der Waals surface area contributed by atoms with Gasteiger partial charge in [0.05, 0.1) is 13.0 Å². The maximum atomic E-state index is 11.7. The number of rotatable bonds is 4. The molecule has 0 saturated heterocycles. The van der Waals surface area contributed by atoms with E-state index in [1.54, 1.807) is 4.57 Å². The molecule has 0 aliphatic heterocycles. The van der Waals surface area contributed by atoms with Gasteiger partial charge in [-0.15, -0.1) is 0 Å². The lowest BCUT2D eigenvalue weighted by molar-refractivity contribution is -0.120. The molecule has 3 N–H and O–H groups in total. The molecule has 5 nitrogen and oxygen atoms in total. The molecular weight excluding hydrogens is 262 g/mol. The lowest BCUT2D eigenvalue weighted by Crippen LogP contribution is -2.31. The number of carbonyl (C=O) groups excluding carboxylic acids is 1. The van der Waals surface area contributed by atoms with E-state index >= 15 is 0 Å². The number of hydrogen-bond donors (Lipinski definition) is 2. The zero-order chi connectivity index (χ0) is 13.8. The molecule has 0 aliphatic carbocycles. The van der Waals surface area contributed by atoms with Gasteiger partial charge in [-0.1, -0.05) is 35.6 Å². The Morgan fingerprint density at radius 3 is 2.63 bits per heavy atom. The standard InChI is InChI=1S/C13H15N3O2S/c1-9-8-19-13(18)16(9)7-11-5-3-2-4-10(11)6-12(17)15-14/h2-5,8H,6-7,14H2,1H3,(H,15,17).